The predicted molar refractivity (Wildman–Crippen MR) is 51.4 cm³/mol. The Kier molecular flexibility index (Phi) is 5.37. The molecule has 0 radical (unpaired) electrons. The molecule has 0 unspecified atom stereocenters. The third kappa shape index (κ3) is 4.07. The molecule has 2 heteroatoms. The van der Waals surface area contributed by atoms with Gasteiger partial charge in [-0.1, -0.05) is 19.3 Å². The van der Waals surface area contributed by atoms with Crippen LogP contribution in [-0.2, 0) is 4.74 Å². The number of hydrogen-bond donors (Lipinski definition) is 1. The van der Waals surface area contributed by atoms with Gasteiger partial charge in [-0.05, 0) is 32.9 Å². The van der Waals surface area contributed by atoms with Crippen molar-refractivity contribution in [1.82, 2.24) is 5.32 Å². The molecule has 0 atom stereocenters. The van der Waals surface area contributed by atoms with Crippen molar-refractivity contribution in [2.75, 3.05) is 20.2 Å². The second-order valence-electron chi connectivity index (χ2n) is 3.59. The second-order valence-corrected chi connectivity index (χ2v) is 3.59. The molecule has 12 heavy (non-hydrogen) atoms. The SMILES string of the molecule is CNCCCOC1CCCCC1. The highest BCUT2D eigenvalue weighted by atomic mass is 16.5. The van der Waals surface area contributed by atoms with Gasteiger partial charge in [-0.2, -0.15) is 0 Å². The first kappa shape index (κ1) is 10.0. The zero-order chi connectivity index (χ0) is 8.65. The van der Waals surface area contributed by atoms with Crippen LogP contribution in [0.4, 0.5) is 0 Å². The van der Waals surface area contributed by atoms with E-state index < -0.39 is 0 Å². The van der Waals surface area contributed by atoms with Crippen molar-refractivity contribution in [3.8, 4) is 0 Å². The van der Waals surface area contributed by atoms with E-state index in [-0.39, 0.29) is 0 Å². The topological polar surface area (TPSA) is 21.3 Å². The molecule has 1 aliphatic carbocycles. The third-order valence-electron chi connectivity index (χ3n) is 2.48. The summed E-state index contributed by atoms with van der Waals surface area (Å²) >= 11 is 0. The molecule has 1 saturated carbocycles. The van der Waals surface area contributed by atoms with E-state index in [0.29, 0.717) is 6.10 Å². The Bertz CT molecular complexity index is 100. The highest BCUT2D eigenvalue weighted by Gasteiger charge is 2.12. The zero-order valence-corrected chi connectivity index (χ0v) is 8.14. The van der Waals surface area contributed by atoms with Gasteiger partial charge in [0, 0.05) is 6.61 Å². The van der Waals surface area contributed by atoms with E-state index in [9.17, 15) is 0 Å². The highest BCUT2D eigenvalue weighted by molar-refractivity contribution is 4.64. The maximum Gasteiger partial charge on any atom is 0.0575 e. The van der Waals surface area contributed by atoms with E-state index in [1.54, 1.807) is 0 Å². The van der Waals surface area contributed by atoms with Gasteiger partial charge in [-0.25, -0.2) is 0 Å². The van der Waals surface area contributed by atoms with Crippen LogP contribution in [0.2, 0.25) is 0 Å². The van der Waals surface area contributed by atoms with Crippen molar-refractivity contribution in [2.24, 2.45) is 0 Å². The smallest absolute Gasteiger partial charge is 0.0575 e. The normalized spacial score (nSPS) is 19.8. The van der Waals surface area contributed by atoms with Gasteiger partial charge in [0.25, 0.3) is 0 Å². The fourth-order valence-electron chi connectivity index (χ4n) is 1.73. The molecule has 0 amide bonds. The van der Waals surface area contributed by atoms with Crippen LogP contribution in [0.3, 0.4) is 0 Å². The maximum atomic E-state index is 5.74. The first-order chi connectivity index (χ1) is 5.93. The number of hydrogen-bond acceptors (Lipinski definition) is 2. The molecule has 0 bridgehead atoms. The van der Waals surface area contributed by atoms with Crippen LogP contribution in [0.25, 0.3) is 0 Å². The van der Waals surface area contributed by atoms with Crippen LogP contribution in [0, 0.1) is 0 Å². The van der Waals surface area contributed by atoms with Gasteiger partial charge in [0.2, 0.25) is 0 Å². The van der Waals surface area contributed by atoms with Crippen molar-refractivity contribution in [2.45, 2.75) is 44.6 Å². The average Bonchev–Trinajstić information content (AvgIpc) is 2.14. The molecule has 0 heterocycles. The Morgan fingerprint density at radius 3 is 2.67 bits per heavy atom. The average molecular weight is 171 g/mol. The van der Waals surface area contributed by atoms with Crippen molar-refractivity contribution in [3.63, 3.8) is 0 Å². The van der Waals surface area contributed by atoms with Crippen LogP contribution in [0.15, 0.2) is 0 Å². The lowest BCUT2D eigenvalue weighted by Gasteiger charge is -2.21. The van der Waals surface area contributed by atoms with Crippen LogP contribution in [0.5, 0.6) is 0 Å². The molecule has 1 rings (SSSR count). The molecule has 2 nitrogen and oxygen atoms in total. The fourth-order valence-corrected chi connectivity index (χ4v) is 1.73. The standard InChI is InChI=1S/C10H21NO/c1-11-8-5-9-12-10-6-3-2-4-7-10/h10-11H,2-9H2,1H3. The molecule has 0 aromatic carbocycles. The largest absolute Gasteiger partial charge is 0.378 e. The van der Waals surface area contributed by atoms with Crippen LogP contribution >= 0.6 is 0 Å². The summed E-state index contributed by atoms with van der Waals surface area (Å²) in [7, 11) is 1.99. The molecule has 0 spiro atoms. The fraction of sp³-hybridized carbons (Fsp3) is 1.00. The lowest BCUT2D eigenvalue weighted by molar-refractivity contribution is 0.0275. The van der Waals surface area contributed by atoms with E-state index in [1.165, 1.54) is 32.1 Å². The molecule has 1 N–H and O–H groups in total. The summed E-state index contributed by atoms with van der Waals surface area (Å²) in [6.07, 6.45) is 8.46. The third-order valence-corrected chi connectivity index (χ3v) is 2.48. The summed E-state index contributed by atoms with van der Waals surface area (Å²) in [5, 5.41) is 3.13. The summed E-state index contributed by atoms with van der Waals surface area (Å²) in [5.41, 5.74) is 0. The highest BCUT2D eigenvalue weighted by Crippen LogP contribution is 2.20. The summed E-state index contributed by atoms with van der Waals surface area (Å²) in [6.45, 7) is 2.01. The molecule has 0 saturated heterocycles. The van der Waals surface area contributed by atoms with Crippen LogP contribution < -0.4 is 5.32 Å². The summed E-state index contributed by atoms with van der Waals surface area (Å²) in [4.78, 5) is 0. The Morgan fingerprint density at radius 2 is 2.00 bits per heavy atom. The summed E-state index contributed by atoms with van der Waals surface area (Å²) in [6, 6.07) is 0. The lowest BCUT2D eigenvalue weighted by Crippen LogP contribution is -2.19. The lowest BCUT2D eigenvalue weighted by atomic mass is 9.98. The molecule has 0 aliphatic heterocycles. The van der Waals surface area contributed by atoms with Gasteiger partial charge in [-0.3, -0.25) is 0 Å². The maximum absolute atomic E-state index is 5.74. The molecule has 1 aliphatic rings. The summed E-state index contributed by atoms with van der Waals surface area (Å²) in [5.74, 6) is 0. The Labute approximate surface area is 75.7 Å². The number of ether oxygens (including phenoxy) is 1. The van der Waals surface area contributed by atoms with Gasteiger partial charge in [0.15, 0.2) is 0 Å². The number of rotatable bonds is 5. The van der Waals surface area contributed by atoms with Crippen molar-refractivity contribution < 1.29 is 4.74 Å². The van der Waals surface area contributed by atoms with E-state index in [4.69, 9.17) is 4.74 Å². The Morgan fingerprint density at radius 1 is 1.25 bits per heavy atom. The van der Waals surface area contributed by atoms with Gasteiger partial charge in [0.1, 0.15) is 0 Å². The first-order valence-electron chi connectivity index (χ1n) is 5.19. The van der Waals surface area contributed by atoms with Gasteiger partial charge >= 0.3 is 0 Å². The molecular weight excluding hydrogens is 150 g/mol. The minimum absolute atomic E-state index is 0.579. The van der Waals surface area contributed by atoms with E-state index in [1.807, 2.05) is 7.05 Å². The van der Waals surface area contributed by atoms with Gasteiger partial charge in [0.05, 0.1) is 6.10 Å². The minimum atomic E-state index is 0.579. The monoisotopic (exact) mass is 171 g/mol. The Hall–Kier alpha value is -0.0800. The van der Waals surface area contributed by atoms with Gasteiger partial charge in [-0.15, -0.1) is 0 Å². The first-order valence-corrected chi connectivity index (χ1v) is 5.19. The predicted octanol–water partition coefficient (Wildman–Crippen LogP) is 1.95. The van der Waals surface area contributed by atoms with E-state index in [0.717, 1.165) is 19.6 Å². The summed E-state index contributed by atoms with van der Waals surface area (Å²) < 4.78 is 5.74. The minimum Gasteiger partial charge on any atom is -0.378 e. The molecular formula is C10H21NO. The zero-order valence-electron chi connectivity index (χ0n) is 8.14. The second kappa shape index (κ2) is 6.44. The molecule has 1 fully saturated rings. The van der Waals surface area contributed by atoms with Crippen molar-refractivity contribution in [3.05, 3.63) is 0 Å². The number of nitrogens with one attached hydrogen (secondary N) is 1. The van der Waals surface area contributed by atoms with E-state index in [2.05, 4.69) is 5.32 Å². The van der Waals surface area contributed by atoms with Gasteiger partial charge < -0.3 is 10.1 Å². The quantitative estimate of drug-likeness (QED) is 0.638. The van der Waals surface area contributed by atoms with Crippen molar-refractivity contribution >= 4 is 0 Å². The molecule has 72 valence electrons. The van der Waals surface area contributed by atoms with Crippen molar-refractivity contribution in [1.29, 1.82) is 0 Å². The molecule has 0 aromatic heterocycles. The molecule has 0 aromatic rings. The Balaban J connectivity index is 1.91. The van der Waals surface area contributed by atoms with Crippen LogP contribution in [-0.4, -0.2) is 26.3 Å². The van der Waals surface area contributed by atoms with Crippen LogP contribution in [0.1, 0.15) is 38.5 Å². The van der Waals surface area contributed by atoms with E-state index >= 15 is 0 Å².